The lowest BCUT2D eigenvalue weighted by molar-refractivity contribution is 0.543. The molecule has 1 N–H and O–H groups in total. The van der Waals surface area contributed by atoms with Gasteiger partial charge in [0.2, 0.25) is 10.0 Å². The first-order valence-electron chi connectivity index (χ1n) is 10.5. The molecule has 1 atom stereocenters. The van der Waals surface area contributed by atoms with E-state index >= 15 is 0 Å². The average molecular weight is 472 g/mol. The molecule has 3 rings (SSSR count). The molecule has 0 amide bonds. The molecule has 0 aliphatic carbocycles. The summed E-state index contributed by atoms with van der Waals surface area (Å²) in [5.74, 6) is 0. The van der Waals surface area contributed by atoms with Crippen molar-refractivity contribution in [2.24, 2.45) is 0 Å². The zero-order valence-electron chi connectivity index (χ0n) is 18.8. The van der Waals surface area contributed by atoms with E-state index in [9.17, 15) is 16.8 Å². The molecule has 32 heavy (non-hydrogen) atoms. The van der Waals surface area contributed by atoms with Crippen LogP contribution in [0.25, 0.3) is 0 Å². The lowest BCUT2D eigenvalue weighted by atomic mass is 10.1. The number of sulfone groups is 1. The van der Waals surface area contributed by atoms with Crippen LogP contribution in [0.4, 0.5) is 0 Å². The second kappa shape index (κ2) is 9.57. The van der Waals surface area contributed by atoms with Crippen LogP contribution >= 0.6 is 0 Å². The Balaban J connectivity index is 2.01. The Morgan fingerprint density at radius 2 is 1.31 bits per heavy atom. The van der Waals surface area contributed by atoms with Gasteiger partial charge in [0.05, 0.1) is 9.79 Å². The molecule has 0 fully saturated rings. The van der Waals surface area contributed by atoms with E-state index in [-0.39, 0.29) is 16.2 Å². The molecular weight excluding hydrogens is 442 g/mol. The quantitative estimate of drug-likeness (QED) is 0.519. The number of nitrogens with one attached hydrogen (secondary N) is 1. The second-order valence-electron chi connectivity index (χ2n) is 8.22. The van der Waals surface area contributed by atoms with Crippen LogP contribution in [-0.4, -0.2) is 22.2 Å². The van der Waals surface area contributed by atoms with Crippen molar-refractivity contribution in [3.63, 3.8) is 0 Å². The highest BCUT2D eigenvalue weighted by Crippen LogP contribution is 2.25. The molecule has 0 aliphatic rings. The van der Waals surface area contributed by atoms with Gasteiger partial charge in [0.15, 0.2) is 9.84 Å². The fourth-order valence-corrected chi connectivity index (χ4v) is 7.64. The molecule has 0 spiro atoms. The van der Waals surface area contributed by atoms with Gasteiger partial charge >= 0.3 is 0 Å². The third-order valence-electron chi connectivity index (χ3n) is 5.42. The lowest BCUT2D eigenvalue weighted by Gasteiger charge is -2.21. The summed E-state index contributed by atoms with van der Waals surface area (Å²) in [5, 5.41) is -1.30. The van der Waals surface area contributed by atoms with Crippen LogP contribution in [0.3, 0.4) is 0 Å². The van der Waals surface area contributed by atoms with Crippen LogP contribution in [0, 0.1) is 27.7 Å². The van der Waals surface area contributed by atoms with Gasteiger partial charge in [0, 0.05) is 0 Å². The molecule has 0 aromatic heterocycles. The first-order valence-corrected chi connectivity index (χ1v) is 13.5. The molecule has 7 heteroatoms. The van der Waals surface area contributed by atoms with E-state index in [1.54, 1.807) is 38.1 Å². The monoisotopic (exact) mass is 471 g/mol. The minimum Gasteiger partial charge on any atom is -0.222 e. The maximum atomic E-state index is 13.5. The molecule has 0 heterocycles. The van der Waals surface area contributed by atoms with Crippen molar-refractivity contribution >= 4 is 19.9 Å². The maximum Gasteiger partial charge on any atom is 0.242 e. The Hall–Kier alpha value is -2.48. The molecule has 0 aliphatic heterocycles. The predicted molar refractivity (Wildman–Crippen MR) is 128 cm³/mol. The fourth-order valence-electron chi connectivity index (χ4n) is 3.93. The average Bonchev–Trinajstić information content (AvgIpc) is 2.71. The molecule has 0 saturated heterocycles. The van der Waals surface area contributed by atoms with Gasteiger partial charge < -0.3 is 0 Å². The Labute approximate surface area is 191 Å². The van der Waals surface area contributed by atoms with Crippen molar-refractivity contribution in [3.8, 4) is 0 Å². The van der Waals surface area contributed by atoms with Crippen LogP contribution in [0.2, 0.25) is 0 Å². The Morgan fingerprint density at radius 1 is 0.750 bits per heavy atom. The van der Waals surface area contributed by atoms with Crippen LogP contribution in [0.1, 0.15) is 34.2 Å². The van der Waals surface area contributed by atoms with Crippen molar-refractivity contribution in [2.45, 2.75) is 55.7 Å². The van der Waals surface area contributed by atoms with Gasteiger partial charge in [-0.25, -0.2) is 16.8 Å². The van der Waals surface area contributed by atoms with Crippen molar-refractivity contribution in [2.75, 3.05) is 0 Å². The van der Waals surface area contributed by atoms with Gasteiger partial charge in [-0.3, -0.25) is 0 Å². The summed E-state index contributed by atoms with van der Waals surface area (Å²) in [5.41, 5.74) is 4.00. The van der Waals surface area contributed by atoms with Crippen LogP contribution in [-0.2, 0) is 26.3 Å². The Kier molecular flexibility index (Phi) is 7.22. The number of rotatable bonds is 8. The summed E-state index contributed by atoms with van der Waals surface area (Å²) >= 11 is 0. The lowest BCUT2D eigenvalue weighted by Crippen LogP contribution is -2.41. The number of benzene rings is 3. The van der Waals surface area contributed by atoms with Gasteiger partial charge in [-0.1, -0.05) is 65.7 Å². The molecule has 170 valence electrons. The van der Waals surface area contributed by atoms with Crippen molar-refractivity contribution in [1.82, 2.24) is 4.72 Å². The topological polar surface area (TPSA) is 80.3 Å². The van der Waals surface area contributed by atoms with Gasteiger partial charge in [0.1, 0.15) is 5.37 Å². The van der Waals surface area contributed by atoms with Crippen molar-refractivity contribution in [1.29, 1.82) is 0 Å². The van der Waals surface area contributed by atoms with Gasteiger partial charge in [0.25, 0.3) is 0 Å². The van der Waals surface area contributed by atoms with Crippen LogP contribution in [0.15, 0.2) is 76.5 Å². The molecule has 0 radical (unpaired) electrons. The predicted octanol–water partition coefficient (Wildman–Crippen LogP) is 4.63. The van der Waals surface area contributed by atoms with Gasteiger partial charge in [-0.15, -0.1) is 0 Å². The Morgan fingerprint density at radius 3 is 1.88 bits per heavy atom. The summed E-state index contributed by atoms with van der Waals surface area (Å²) in [6.45, 7) is 7.22. The first-order chi connectivity index (χ1) is 15.0. The normalized spacial score (nSPS) is 13.1. The van der Waals surface area contributed by atoms with Crippen LogP contribution < -0.4 is 4.72 Å². The smallest absolute Gasteiger partial charge is 0.222 e. The van der Waals surface area contributed by atoms with E-state index in [4.69, 9.17) is 0 Å². The minimum atomic E-state index is -4.07. The third-order valence-corrected chi connectivity index (χ3v) is 9.38. The SMILES string of the molecule is Cc1ccc(S(=O)(=O)C(CCc2ccccc2)NS(=O)(=O)c2c(C)cc(C)cc2C)cc1. The van der Waals surface area contributed by atoms with E-state index in [2.05, 4.69) is 4.72 Å². The van der Waals surface area contributed by atoms with Gasteiger partial charge in [-0.2, -0.15) is 4.72 Å². The number of sulfonamides is 1. The van der Waals surface area contributed by atoms with E-state index in [0.717, 1.165) is 16.7 Å². The van der Waals surface area contributed by atoms with E-state index in [1.165, 1.54) is 12.1 Å². The van der Waals surface area contributed by atoms with Crippen molar-refractivity contribution in [3.05, 3.63) is 94.5 Å². The van der Waals surface area contributed by atoms with E-state index < -0.39 is 25.2 Å². The summed E-state index contributed by atoms with van der Waals surface area (Å²) < 4.78 is 56.2. The highest BCUT2D eigenvalue weighted by Gasteiger charge is 2.33. The summed E-state index contributed by atoms with van der Waals surface area (Å²) in [7, 11) is -8.02. The zero-order chi connectivity index (χ0) is 23.5. The third kappa shape index (κ3) is 5.46. The fraction of sp³-hybridized carbons (Fsp3) is 0.280. The van der Waals surface area contributed by atoms with E-state index in [0.29, 0.717) is 17.5 Å². The summed E-state index contributed by atoms with van der Waals surface area (Å²) in [6.07, 6.45) is 0.536. The molecular formula is C25H29NO4S2. The minimum absolute atomic E-state index is 0.0983. The van der Waals surface area contributed by atoms with Crippen molar-refractivity contribution < 1.29 is 16.8 Å². The highest BCUT2D eigenvalue weighted by atomic mass is 32.2. The molecule has 3 aromatic rings. The summed E-state index contributed by atoms with van der Waals surface area (Å²) in [6, 6.07) is 19.5. The number of hydrogen-bond donors (Lipinski definition) is 1. The second-order valence-corrected chi connectivity index (χ2v) is 12.0. The summed E-state index contributed by atoms with van der Waals surface area (Å²) in [4.78, 5) is 0.230. The molecule has 3 aromatic carbocycles. The number of hydrogen-bond acceptors (Lipinski definition) is 4. The highest BCUT2D eigenvalue weighted by molar-refractivity contribution is 7.94. The molecule has 5 nitrogen and oxygen atoms in total. The number of aryl methyl sites for hydroxylation is 5. The van der Waals surface area contributed by atoms with Gasteiger partial charge in [-0.05, 0) is 69.4 Å². The standard InChI is InChI=1S/C25H29NO4S2/c1-18-10-13-23(14-11-18)31(27,28)24(15-12-22-8-6-5-7-9-22)26-32(29,30)25-20(3)16-19(2)17-21(25)4/h5-11,13-14,16-17,24,26H,12,15H2,1-4H3. The largest absolute Gasteiger partial charge is 0.242 e. The first kappa shape index (κ1) is 24.2. The molecule has 0 saturated carbocycles. The molecule has 1 unspecified atom stereocenters. The van der Waals surface area contributed by atoms with Crippen LogP contribution in [0.5, 0.6) is 0 Å². The zero-order valence-corrected chi connectivity index (χ0v) is 20.4. The molecule has 0 bridgehead atoms. The van der Waals surface area contributed by atoms with E-state index in [1.807, 2.05) is 44.2 Å². The maximum absolute atomic E-state index is 13.5. The Bertz CT molecular complexity index is 1270.